The fourth-order valence-electron chi connectivity index (χ4n) is 5.60. The molecule has 0 radical (unpaired) electrons. The van der Waals surface area contributed by atoms with Crippen LogP contribution in [0.5, 0.6) is 17.2 Å². The zero-order valence-electron chi connectivity index (χ0n) is 27.1. The Bertz CT molecular complexity index is 1550. The van der Waals surface area contributed by atoms with Gasteiger partial charge in [-0.25, -0.2) is 14.0 Å². The first-order valence-corrected chi connectivity index (χ1v) is 15.4. The van der Waals surface area contributed by atoms with E-state index >= 15 is 4.39 Å². The summed E-state index contributed by atoms with van der Waals surface area (Å²) in [4.78, 5) is 40.6. The Morgan fingerprint density at radius 1 is 0.915 bits per heavy atom. The van der Waals surface area contributed by atoms with E-state index in [0.29, 0.717) is 29.9 Å². The summed E-state index contributed by atoms with van der Waals surface area (Å²) < 4.78 is 74.2. The molecule has 2 aromatic carbocycles. The molecule has 0 unspecified atom stereocenters. The number of halogens is 4. The van der Waals surface area contributed by atoms with Gasteiger partial charge in [0.05, 0.1) is 31.0 Å². The summed E-state index contributed by atoms with van der Waals surface area (Å²) in [5, 5.41) is 8.72. The van der Waals surface area contributed by atoms with Gasteiger partial charge in [-0.05, 0) is 62.3 Å². The Kier molecular flexibility index (Phi) is 10.7. The van der Waals surface area contributed by atoms with Crippen LogP contribution >= 0.6 is 0 Å². The number of piperidine rings is 1. The molecule has 0 atom stereocenters. The fraction of sp³-hybridized carbons (Fsp3) is 0.515. The molecule has 0 aliphatic carbocycles. The monoisotopic (exact) mass is 665 g/mol. The van der Waals surface area contributed by atoms with E-state index in [1.165, 1.54) is 4.90 Å². The molecular weight excluding hydrogens is 626 g/mol. The van der Waals surface area contributed by atoms with Gasteiger partial charge >= 0.3 is 18.1 Å². The van der Waals surface area contributed by atoms with E-state index in [9.17, 15) is 27.6 Å². The number of alkyl halides is 3. The number of ketones is 1. The number of carbonyl (C=O) groups excluding carboxylic acids is 3. The highest BCUT2D eigenvalue weighted by Gasteiger charge is 2.42. The highest BCUT2D eigenvalue weighted by Crippen LogP contribution is 2.42. The lowest BCUT2D eigenvalue weighted by molar-refractivity contribution is -0.202. The van der Waals surface area contributed by atoms with Crippen molar-refractivity contribution in [2.75, 3.05) is 44.4 Å². The van der Waals surface area contributed by atoms with Gasteiger partial charge in [0.2, 0.25) is 0 Å². The molecule has 4 rings (SSSR count). The van der Waals surface area contributed by atoms with Gasteiger partial charge in [0.25, 0.3) is 0 Å². The molecule has 2 aliphatic rings. The van der Waals surface area contributed by atoms with Crippen molar-refractivity contribution in [3.63, 3.8) is 0 Å². The number of ether oxygens (including phenoxy) is 4. The predicted octanol–water partition coefficient (Wildman–Crippen LogP) is 5.95. The first kappa shape index (κ1) is 35.5. The quantitative estimate of drug-likeness (QED) is 0.135. The molecule has 2 heterocycles. The average Bonchev–Trinajstić information content (AvgIpc) is 3.31. The van der Waals surface area contributed by atoms with Crippen LogP contribution in [-0.4, -0.2) is 74.1 Å². The number of hydrogen-bond donors (Lipinski definition) is 1. The molecule has 256 valence electrons. The number of nitrogens with zero attached hydrogens (tertiary/aromatic N) is 2. The van der Waals surface area contributed by atoms with Crippen molar-refractivity contribution in [1.29, 1.82) is 5.41 Å². The number of amidine groups is 1. The number of Topliss-reactive ketones (excluding diaryl/α,β-unsaturated/α-hetero) is 1. The van der Waals surface area contributed by atoms with Crippen LogP contribution in [0.15, 0.2) is 18.2 Å². The zero-order chi connectivity index (χ0) is 34.7. The van der Waals surface area contributed by atoms with Crippen molar-refractivity contribution >= 4 is 29.2 Å². The van der Waals surface area contributed by atoms with Crippen molar-refractivity contribution in [3.8, 4) is 17.2 Å². The number of carbonyl (C=O) groups is 3. The number of rotatable bonds is 11. The average molecular weight is 666 g/mol. The van der Waals surface area contributed by atoms with Gasteiger partial charge in [-0.3, -0.25) is 10.2 Å². The van der Waals surface area contributed by atoms with E-state index in [4.69, 9.17) is 19.6 Å². The van der Waals surface area contributed by atoms with Crippen LogP contribution in [-0.2, 0) is 26.3 Å². The number of benzene rings is 2. The molecule has 0 spiro atoms. The van der Waals surface area contributed by atoms with Crippen LogP contribution in [0.4, 0.5) is 23.2 Å². The molecule has 1 N–H and O–H groups in total. The highest BCUT2D eigenvalue weighted by molar-refractivity contribution is 6.06. The number of nitrogens with one attached hydrogen (secondary N) is 1. The second-order valence-electron chi connectivity index (χ2n) is 12.3. The van der Waals surface area contributed by atoms with Crippen molar-refractivity contribution in [2.24, 2.45) is 0 Å². The topological polar surface area (TPSA) is 118 Å². The predicted molar refractivity (Wildman–Crippen MR) is 164 cm³/mol. The number of hydrogen-bond acceptors (Lipinski definition) is 9. The molecule has 47 heavy (non-hydrogen) atoms. The van der Waals surface area contributed by atoms with Gasteiger partial charge < -0.3 is 28.7 Å². The largest absolute Gasteiger partial charge is 0.491 e. The van der Waals surface area contributed by atoms with Gasteiger partial charge in [-0.2, -0.15) is 13.2 Å². The van der Waals surface area contributed by atoms with E-state index < -0.39 is 36.0 Å². The maximum Gasteiger partial charge on any atom is 0.491 e. The third-order valence-electron chi connectivity index (χ3n) is 7.77. The highest BCUT2D eigenvalue weighted by atomic mass is 19.4. The third-order valence-corrected chi connectivity index (χ3v) is 7.77. The fourth-order valence-corrected chi connectivity index (χ4v) is 5.60. The Morgan fingerprint density at radius 3 is 2.17 bits per heavy atom. The van der Waals surface area contributed by atoms with Gasteiger partial charge in [0.15, 0.2) is 29.7 Å². The van der Waals surface area contributed by atoms with E-state index in [-0.39, 0.29) is 66.3 Å². The first-order valence-electron chi connectivity index (χ1n) is 15.4. The molecule has 0 bridgehead atoms. The SMILES string of the molecule is CCOc1cc2c(c(F)c1OCC)C(=N)N(CC(=O)c1cc(N3CCCCC3)c(OCC(=O)OC(=O)C(F)(F)F)c(C(C)(C)C)c1)C2. The molecule has 14 heteroatoms. The van der Waals surface area contributed by atoms with Crippen molar-refractivity contribution in [1.82, 2.24) is 4.90 Å². The van der Waals surface area contributed by atoms with Crippen LogP contribution in [0.25, 0.3) is 0 Å². The van der Waals surface area contributed by atoms with Crippen LogP contribution in [0.3, 0.4) is 0 Å². The van der Waals surface area contributed by atoms with E-state index in [1.807, 2.05) is 25.7 Å². The van der Waals surface area contributed by atoms with Crippen molar-refractivity contribution in [3.05, 3.63) is 46.3 Å². The van der Waals surface area contributed by atoms with Crippen LogP contribution in [0.1, 0.15) is 80.9 Å². The lowest BCUT2D eigenvalue weighted by Gasteiger charge is -2.33. The number of esters is 2. The van der Waals surface area contributed by atoms with E-state index in [1.54, 1.807) is 32.0 Å². The minimum atomic E-state index is -5.34. The van der Waals surface area contributed by atoms with Crippen molar-refractivity contribution < 1.29 is 50.9 Å². The number of fused-ring (bicyclic) bond motifs is 1. The standard InChI is InChI=1S/C33H39F4N3O7/c1-6-44-24-15-20-16-40(30(38)26(20)27(34)29(24)45-7-2)17-23(41)19-13-21(32(3,4)5)28(22(14-19)39-11-9-8-10-12-39)46-18-25(42)47-31(43)33(35,36)37/h13-15,38H,6-12,16-18H2,1-5H3. The zero-order valence-corrected chi connectivity index (χ0v) is 27.1. The lowest BCUT2D eigenvalue weighted by Crippen LogP contribution is -2.33. The Balaban J connectivity index is 1.66. The number of anilines is 1. The van der Waals surface area contributed by atoms with E-state index in [2.05, 4.69) is 4.74 Å². The van der Waals surface area contributed by atoms with E-state index in [0.717, 1.165) is 19.3 Å². The Morgan fingerprint density at radius 2 is 1.57 bits per heavy atom. The smallest absolute Gasteiger partial charge is 0.490 e. The van der Waals surface area contributed by atoms with Gasteiger partial charge in [0, 0.05) is 30.8 Å². The van der Waals surface area contributed by atoms with Gasteiger partial charge in [0.1, 0.15) is 11.6 Å². The molecule has 2 aromatic rings. The van der Waals surface area contributed by atoms with Crippen LogP contribution < -0.4 is 19.1 Å². The molecule has 0 aromatic heterocycles. The molecule has 10 nitrogen and oxygen atoms in total. The molecule has 2 aliphatic heterocycles. The molecule has 1 saturated heterocycles. The van der Waals surface area contributed by atoms with Gasteiger partial charge in [-0.15, -0.1) is 0 Å². The molecule has 0 amide bonds. The summed E-state index contributed by atoms with van der Waals surface area (Å²) in [6.45, 7) is 9.53. The Labute approximate surface area is 270 Å². The normalized spacial score (nSPS) is 15.0. The maximum absolute atomic E-state index is 15.6. The summed E-state index contributed by atoms with van der Waals surface area (Å²) in [7, 11) is 0. The molecular formula is C33H39F4N3O7. The molecule has 1 fully saturated rings. The summed E-state index contributed by atoms with van der Waals surface area (Å²) in [6.07, 6.45) is -2.68. The summed E-state index contributed by atoms with van der Waals surface area (Å²) in [5.74, 6) is -5.12. The summed E-state index contributed by atoms with van der Waals surface area (Å²) >= 11 is 0. The first-order chi connectivity index (χ1) is 22.1. The summed E-state index contributed by atoms with van der Waals surface area (Å²) in [5.41, 5.74) is 1.07. The maximum atomic E-state index is 15.6. The van der Waals surface area contributed by atoms with Crippen LogP contribution in [0, 0.1) is 11.2 Å². The van der Waals surface area contributed by atoms with Crippen LogP contribution in [0.2, 0.25) is 0 Å². The molecule has 0 saturated carbocycles. The summed E-state index contributed by atoms with van der Waals surface area (Å²) in [6, 6.07) is 4.81. The Hall–Kier alpha value is -4.36. The second kappa shape index (κ2) is 14.2. The lowest BCUT2D eigenvalue weighted by atomic mass is 9.84. The third kappa shape index (κ3) is 7.96. The van der Waals surface area contributed by atoms with Gasteiger partial charge in [-0.1, -0.05) is 20.8 Å². The van der Waals surface area contributed by atoms with Crippen molar-refractivity contribution in [2.45, 2.75) is 72.0 Å². The minimum Gasteiger partial charge on any atom is -0.490 e. The second-order valence-corrected chi connectivity index (χ2v) is 12.3. The minimum absolute atomic E-state index is 0.0359.